The monoisotopic (exact) mass is 232 g/mol. The van der Waals surface area contributed by atoms with Gasteiger partial charge in [0.25, 0.3) is 0 Å². The van der Waals surface area contributed by atoms with Crippen LogP contribution in [0.3, 0.4) is 0 Å². The molecule has 5 nitrogen and oxygen atoms in total. The van der Waals surface area contributed by atoms with Crippen molar-refractivity contribution in [3.8, 4) is 11.4 Å². The molecular formula is C12H12N2O3. The van der Waals surface area contributed by atoms with Crippen molar-refractivity contribution in [2.45, 2.75) is 13.8 Å². The van der Waals surface area contributed by atoms with Crippen LogP contribution in [0.5, 0.6) is 0 Å². The highest BCUT2D eigenvalue weighted by Gasteiger charge is 2.11. The first-order valence-corrected chi connectivity index (χ1v) is 5.11. The zero-order valence-electron chi connectivity index (χ0n) is 9.85. The summed E-state index contributed by atoms with van der Waals surface area (Å²) in [5.74, 6) is 0.577. The number of carbonyl (C=O) groups excluding carboxylic acids is 1. The number of hydrogen-bond donors (Lipinski definition) is 0. The highest BCUT2D eigenvalue weighted by atomic mass is 16.5. The molecule has 0 spiro atoms. The molecule has 0 fully saturated rings. The van der Waals surface area contributed by atoms with Crippen molar-refractivity contribution < 1.29 is 14.1 Å². The predicted molar refractivity (Wildman–Crippen MR) is 60.5 cm³/mol. The van der Waals surface area contributed by atoms with Gasteiger partial charge in [-0.05, 0) is 30.7 Å². The van der Waals surface area contributed by atoms with E-state index in [0.29, 0.717) is 17.3 Å². The number of esters is 1. The van der Waals surface area contributed by atoms with E-state index < -0.39 is 0 Å². The summed E-state index contributed by atoms with van der Waals surface area (Å²) in [6, 6.07) is 5.32. The van der Waals surface area contributed by atoms with Crippen LogP contribution < -0.4 is 0 Å². The molecule has 0 radical (unpaired) electrons. The fourth-order valence-electron chi connectivity index (χ4n) is 1.56. The van der Waals surface area contributed by atoms with Crippen LogP contribution in [0.25, 0.3) is 11.4 Å². The van der Waals surface area contributed by atoms with Crippen LogP contribution in [0.1, 0.15) is 21.8 Å². The van der Waals surface area contributed by atoms with E-state index in [1.807, 2.05) is 13.0 Å². The maximum Gasteiger partial charge on any atom is 0.337 e. The third kappa shape index (κ3) is 2.33. The molecule has 5 heteroatoms. The molecule has 0 saturated carbocycles. The molecule has 0 aliphatic carbocycles. The van der Waals surface area contributed by atoms with Crippen LogP contribution in [0.15, 0.2) is 22.7 Å². The molecule has 0 aliphatic heterocycles. The molecule has 0 amide bonds. The van der Waals surface area contributed by atoms with Crippen LogP contribution in [0, 0.1) is 13.8 Å². The van der Waals surface area contributed by atoms with Gasteiger partial charge < -0.3 is 9.26 Å². The molecule has 0 aliphatic rings. The van der Waals surface area contributed by atoms with Gasteiger partial charge in [-0.1, -0.05) is 5.16 Å². The van der Waals surface area contributed by atoms with Crippen LogP contribution in [0.4, 0.5) is 0 Å². The maximum atomic E-state index is 11.5. The summed E-state index contributed by atoms with van der Waals surface area (Å²) >= 11 is 0. The smallest absolute Gasteiger partial charge is 0.337 e. The molecule has 0 saturated heterocycles. The standard InChI is InChI=1S/C12H12N2O3/c1-7-4-9(11-13-8(2)17-14-11)6-10(5-7)12(15)16-3/h4-6H,1-3H3. The molecule has 88 valence electrons. The Morgan fingerprint density at radius 2 is 2.06 bits per heavy atom. The SMILES string of the molecule is COC(=O)c1cc(C)cc(-c2noc(C)n2)c1. The third-order valence-electron chi connectivity index (χ3n) is 2.28. The number of rotatable bonds is 2. The Labute approximate surface area is 98.4 Å². The number of nitrogens with zero attached hydrogens (tertiary/aromatic N) is 2. The van der Waals surface area contributed by atoms with Crippen molar-refractivity contribution in [3.05, 3.63) is 35.2 Å². The van der Waals surface area contributed by atoms with E-state index in [1.165, 1.54) is 7.11 Å². The Balaban J connectivity index is 2.48. The average molecular weight is 232 g/mol. The zero-order chi connectivity index (χ0) is 12.4. The number of benzene rings is 1. The first kappa shape index (κ1) is 11.3. The van der Waals surface area contributed by atoms with Crippen LogP contribution in [-0.4, -0.2) is 23.2 Å². The largest absolute Gasteiger partial charge is 0.465 e. The van der Waals surface area contributed by atoms with Crippen molar-refractivity contribution >= 4 is 5.97 Å². The Bertz CT molecular complexity index is 561. The highest BCUT2D eigenvalue weighted by Crippen LogP contribution is 2.20. The van der Waals surface area contributed by atoms with Gasteiger partial charge in [-0.3, -0.25) is 0 Å². The molecule has 2 rings (SSSR count). The second-order valence-electron chi connectivity index (χ2n) is 3.72. The molecular weight excluding hydrogens is 220 g/mol. The van der Waals surface area contributed by atoms with Crippen LogP contribution >= 0.6 is 0 Å². The van der Waals surface area contributed by atoms with Gasteiger partial charge in [0.05, 0.1) is 12.7 Å². The summed E-state index contributed by atoms with van der Waals surface area (Å²) in [6.07, 6.45) is 0. The van der Waals surface area contributed by atoms with E-state index in [9.17, 15) is 4.79 Å². The minimum atomic E-state index is -0.379. The highest BCUT2D eigenvalue weighted by molar-refractivity contribution is 5.91. The Morgan fingerprint density at radius 3 is 2.65 bits per heavy atom. The van der Waals surface area contributed by atoms with Crippen LogP contribution in [-0.2, 0) is 4.74 Å². The van der Waals surface area contributed by atoms with E-state index in [-0.39, 0.29) is 5.97 Å². The Kier molecular flexibility index (Phi) is 2.91. The fourth-order valence-corrected chi connectivity index (χ4v) is 1.56. The van der Waals surface area contributed by atoms with Gasteiger partial charge in [-0.15, -0.1) is 0 Å². The number of hydrogen-bond acceptors (Lipinski definition) is 5. The second kappa shape index (κ2) is 4.37. The van der Waals surface area contributed by atoms with E-state index in [1.54, 1.807) is 19.1 Å². The van der Waals surface area contributed by atoms with E-state index in [0.717, 1.165) is 11.1 Å². The lowest BCUT2D eigenvalue weighted by atomic mass is 10.1. The minimum absolute atomic E-state index is 0.379. The summed E-state index contributed by atoms with van der Waals surface area (Å²) in [4.78, 5) is 15.6. The molecule has 1 aromatic carbocycles. The maximum absolute atomic E-state index is 11.5. The summed E-state index contributed by atoms with van der Waals surface area (Å²) in [6.45, 7) is 3.61. The van der Waals surface area contributed by atoms with Gasteiger partial charge in [0.15, 0.2) is 0 Å². The van der Waals surface area contributed by atoms with Gasteiger partial charge in [-0.2, -0.15) is 4.98 Å². The fraction of sp³-hybridized carbons (Fsp3) is 0.250. The van der Waals surface area contributed by atoms with Crippen molar-refractivity contribution in [2.24, 2.45) is 0 Å². The average Bonchev–Trinajstić information content (AvgIpc) is 2.74. The summed E-state index contributed by atoms with van der Waals surface area (Å²) in [7, 11) is 1.35. The first-order chi connectivity index (χ1) is 8.10. The molecule has 0 unspecified atom stereocenters. The summed E-state index contributed by atoms with van der Waals surface area (Å²) < 4.78 is 9.59. The molecule has 0 bridgehead atoms. The normalized spacial score (nSPS) is 10.3. The topological polar surface area (TPSA) is 65.2 Å². The van der Waals surface area contributed by atoms with Crippen molar-refractivity contribution in [1.29, 1.82) is 0 Å². The van der Waals surface area contributed by atoms with Crippen molar-refractivity contribution in [3.63, 3.8) is 0 Å². The van der Waals surface area contributed by atoms with Crippen molar-refractivity contribution in [2.75, 3.05) is 7.11 Å². The third-order valence-corrected chi connectivity index (χ3v) is 2.28. The van der Waals surface area contributed by atoms with Gasteiger partial charge in [0, 0.05) is 12.5 Å². The molecule has 0 N–H and O–H groups in total. The molecule has 2 aromatic rings. The predicted octanol–water partition coefficient (Wildman–Crippen LogP) is 2.14. The summed E-state index contributed by atoms with van der Waals surface area (Å²) in [5, 5.41) is 3.82. The van der Waals surface area contributed by atoms with E-state index >= 15 is 0 Å². The first-order valence-electron chi connectivity index (χ1n) is 5.11. The van der Waals surface area contributed by atoms with E-state index in [4.69, 9.17) is 4.52 Å². The van der Waals surface area contributed by atoms with E-state index in [2.05, 4.69) is 14.9 Å². The lowest BCUT2D eigenvalue weighted by Gasteiger charge is -2.03. The number of ether oxygens (including phenoxy) is 1. The zero-order valence-corrected chi connectivity index (χ0v) is 9.85. The molecule has 0 atom stereocenters. The number of methoxy groups -OCH3 is 1. The lowest BCUT2D eigenvalue weighted by molar-refractivity contribution is 0.0600. The quantitative estimate of drug-likeness (QED) is 0.742. The number of aromatic nitrogens is 2. The van der Waals surface area contributed by atoms with Crippen molar-refractivity contribution in [1.82, 2.24) is 10.1 Å². The molecule has 1 heterocycles. The Morgan fingerprint density at radius 1 is 1.29 bits per heavy atom. The molecule has 17 heavy (non-hydrogen) atoms. The second-order valence-corrected chi connectivity index (χ2v) is 3.72. The lowest BCUT2D eigenvalue weighted by Crippen LogP contribution is -2.02. The minimum Gasteiger partial charge on any atom is -0.465 e. The van der Waals surface area contributed by atoms with Gasteiger partial charge >= 0.3 is 5.97 Å². The van der Waals surface area contributed by atoms with Crippen LogP contribution in [0.2, 0.25) is 0 Å². The molecule has 1 aromatic heterocycles. The number of carbonyl (C=O) groups is 1. The van der Waals surface area contributed by atoms with Gasteiger partial charge in [-0.25, -0.2) is 4.79 Å². The Hall–Kier alpha value is -2.17. The summed E-state index contributed by atoms with van der Waals surface area (Å²) in [5.41, 5.74) is 2.15. The number of aryl methyl sites for hydroxylation is 2. The van der Waals surface area contributed by atoms with Gasteiger partial charge in [0.2, 0.25) is 11.7 Å². The van der Waals surface area contributed by atoms with Gasteiger partial charge in [0.1, 0.15) is 0 Å².